The van der Waals surface area contributed by atoms with E-state index in [2.05, 4.69) is 37.9 Å². The minimum atomic E-state index is 0.546. The number of rotatable bonds is 10. The molecule has 112 valence electrons. The van der Waals surface area contributed by atoms with Gasteiger partial charge >= 0.3 is 0 Å². The fourth-order valence-corrected chi connectivity index (χ4v) is 1.74. The largest absolute Gasteiger partial charge is 0.490 e. The van der Waals surface area contributed by atoms with Crippen molar-refractivity contribution in [3.05, 3.63) is 35.9 Å². The molecule has 3 heteroatoms. The monoisotopic (exact) mass is 277 g/mol. The minimum Gasteiger partial charge on any atom is -0.490 e. The molecule has 0 unspecified atom stereocenters. The lowest BCUT2D eigenvalue weighted by Gasteiger charge is -2.14. The zero-order valence-electron chi connectivity index (χ0n) is 13.0. The molecule has 0 heterocycles. The summed E-state index contributed by atoms with van der Waals surface area (Å²) in [6.45, 7) is 13.2. The third-order valence-corrected chi connectivity index (χ3v) is 3.00. The SMILES string of the molecule is C=C(CC)COc1ccc(CNCCC)cc1OCC. The maximum Gasteiger partial charge on any atom is 0.161 e. The van der Waals surface area contributed by atoms with Crippen molar-refractivity contribution >= 4 is 0 Å². The fraction of sp³-hybridized carbons (Fsp3) is 0.529. The molecule has 20 heavy (non-hydrogen) atoms. The summed E-state index contributed by atoms with van der Waals surface area (Å²) in [5.41, 5.74) is 2.30. The van der Waals surface area contributed by atoms with Crippen LogP contribution in [0.5, 0.6) is 11.5 Å². The molecule has 3 nitrogen and oxygen atoms in total. The van der Waals surface area contributed by atoms with Crippen LogP contribution in [0.2, 0.25) is 0 Å². The van der Waals surface area contributed by atoms with E-state index in [9.17, 15) is 0 Å². The molecule has 1 N–H and O–H groups in total. The number of nitrogens with one attached hydrogen (secondary N) is 1. The van der Waals surface area contributed by atoms with Crippen molar-refractivity contribution < 1.29 is 9.47 Å². The molecule has 0 bridgehead atoms. The summed E-state index contributed by atoms with van der Waals surface area (Å²) in [5, 5.41) is 3.39. The highest BCUT2D eigenvalue weighted by atomic mass is 16.5. The number of benzene rings is 1. The molecule has 0 aliphatic heterocycles. The number of hydrogen-bond donors (Lipinski definition) is 1. The first-order chi connectivity index (χ1) is 9.71. The summed E-state index contributed by atoms with van der Waals surface area (Å²) in [7, 11) is 0. The Kier molecular flexibility index (Phi) is 7.81. The van der Waals surface area contributed by atoms with E-state index in [1.54, 1.807) is 0 Å². The molecule has 0 fully saturated rings. The molecule has 1 rings (SSSR count). The molecular weight excluding hydrogens is 250 g/mol. The molecule has 0 aliphatic rings. The van der Waals surface area contributed by atoms with E-state index < -0.39 is 0 Å². The molecule has 0 aromatic heterocycles. The van der Waals surface area contributed by atoms with Gasteiger partial charge in [-0.25, -0.2) is 0 Å². The minimum absolute atomic E-state index is 0.546. The highest BCUT2D eigenvalue weighted by molar-refractivity contribution is 5.43. The van der Waals surface area contributed by atoms with Crippen molar-refractivity contribution in [3.63, 3.8) is 0 Å². The summed E-state index contributed by atoms with van der Waals surface area (Å²) in [6, 6.07) is 6.11. The van der Waals surface area contributed by atoms with Crippen molar-refractivity contribution in [3.8, 4) is 11.5 Å². The lowest BCUT2D eigenvalue weighted by molar-refractivity contribution is 0.291. The van der Waals surface area contributed by atoms with Crippen LogP contribution in [0.1, 0.15) is 39.2 Å². The van der Waals surface area contributed by atoms with Gasteiger partial charge < -0.3 is 14.8 Å². The van der Waals surface area contributed by atoms with Gasteiger partial charge in [-0.2, -0.15) is 0 Å². The summed E-state index contributed by atoms with van der Waals surface area (Å²) in [5.74, 6) is 1.60. The average Bonchev–Trinajstić information content (AvgIpc) is 2.46. The Morgan fingerprint density at radius 3 is 2.60 bits per heavy atom. The Hall–Kier alpha value is -1.48. The number of hydrogen-bond acceptors (Lipinski definition) is 3. The van der Waals surface area contributed by atoms with E-state index in [4.69, 9.17) is 9.47 Å². The molecule has 0 saturated carbocycles. The van der Waals surface area contributed by atoms with Gasteiger partial charge in [0, 0.05) is 6.54 Å². The van der Waals surface area contributed by atoms with Gasteiger partial charge in [0.15, 0.2) is 11.5 Å². The molecule has 1 aromatic rings. The van der Waals surface area contributed by atoms with E-state index in [1.807, 2.05) is 13.0 Å². The van der Waals surface area contributed by atoms with Crippen molar-refractivity contribution in [1.29, 1.82) is 0 Å². The highest BCUT2D eigenvalue weighted by Crippen LogP contribution is 2.29. The standard InChI is InChI=1S/C17H27NO2/c1-5-10-18-12-15-8-9-16(17(11-15)19-7-3)20-13-14(4)6-2/h8-9,11,18H,4-7,10,12-13H2,1-3H3. The number of ether oxygens (including phenoxy) is 2. The van der Waals surface area contributed by atoms with Crippen LogP contribution in [-0.2, 0) is 6.54 Å². The van der Waals surface area contributed by atoms with Crippen molar-refractivity contribution in [2.45, 2.75) is 40.2 Å². The zero-order chi connectivity index (χ0) is 14.8. The van der Waals surface area contributed by atoms with Gasteiger partial charge in [0.25, 0.3) is 0 Å². The van der Waals surface area contributed by atoms with E-state index in [-0.39, 0.29) is 0 Å². The molecule has 0 amide bonds. The molecular formula is C17H27NO2. The van der Waals surface area contributed by atoms with Crippen molar-refractivity contribution in [1.82, 2.24) is 5.32 Å². The maximum atomic E-state index is 5.78. The predicted molar refractivity (Wildman–Crippen MR) is 84.5 cm³/mol. The van der Waals surface area contributed by atoms with Crippen molar-refractivity contribution in [2.75, 3.05) is 19.8 Å². The highest BCUT2D eigenvalue weighted by Gasteiger charge is 2.07. The van der Waals surface area contributed by atoms with Crippen LogP contribution in [0, 0.1) is 0 Å². The van der Waals surface area contributed by atoms with E-state index in [1.165, 1.54) is 5.56 Å². The van der Waals surface area contributed by atoms with Gasteiger partial charge in [-0.05, 0) is 49.6 Å². The van der Waals surface area contributed by atoms with Gasteiger partial charge in [0.05, 0.1) is 6.61 Å². The van der Waals surface area contributed by atoms with Gasteiger partial charge in [-0.15, -0.1) is 0 Å². The van der Waals surface area contributed by atoms with Gasteiger partial charge in [0.1, 0.15) is 6.61 Å². The van der Waals surface area contributed by atoms with Crippen LogP contribution in [-0.4, -0.2) is 19.8 Å². The predicted octanol–water partition coefficient (Wildman–Crippen LogP) is 3.93. The smallest absolute Gasteiger partial charge is 0.161 e. The lowest BCUT2D eigenvalue weighted by atomic mass is 10.2. The molecule has 1 aromatic carbocycles. The first-order valence-corrected chi connectivity index (χ1v) is 7.47. The summed E-state index contributed by atoms with van der Waals surface area (Å²) in [4.78, 5) is 0. The normalized spacial score (nSPS) is 10.3. The van der Waals surface area contributed by atoms with Crippen LogP contribution >= 0.6 is 0 Å². The third kappa shape index (κ3) is 5.66. The van der Waals surface area contributed by atoms with Crippen LogP contribution < -0.4 is 14.8 Å². The second-order valence-corrected chi connectivity index (χ2v) is 4.78. The molecule has 0 aliphatic carbocycles. The lowest BCUT2D eigenvalue weighted by Crippen LogP contribution is -2.14. The zero-order valence-corrected chi connectivity index (χ0v) is 13.0. The van der Waals surface area contributed by atoms with Crippen LogP contribution in [0.4, 0.5) is 0 Å². The Labute approximate surface area is 123 Å². The van der Waals surface area contributed by atoms with Gasteiger partial charge in [-0.3, -0.25) is 0 Å². The topological polar surface area (TPSA) is 30.5 Å². The Morgan fingerprint density at radius 1 is 1.15 bits per heavy atom. The van der Waals surface area contributed by atoms with Crippen molar-refractivity contribution in [2.24, 2.45) is 0 Å². The van der Waals surface area contributed by atoms with E-state index >= 15 is 0 Å². The maximum absolute atomic E-state index is 5.78. The quantitative estimate of drug-likeness (QED) is 0.519. The third-order valence-electron chi connectivity index (χ3n) is 3.00. The second kappa shape index (κ2) is 9.43. The first kappa shape index (κ1) is 16.6. The first-order valence-electron chi connectivity index (χ1n) is 7.47. The Morgan fingerprint density at radius 2 is 1.95 bits per heavy atom. The fourth-order valence-electron chi connectivity index (χ4n) is 1.74. The van der Waals surface area contributed by atoms with Gasteiger partial charge in [-0.1, -0.05) is 26.5 Å². The molecule has 0 spiro atoms. The van der Waals surface area contributed by atoms with Crippen LogP contribution in [0.3, 0.4) is 0 Å². The van der Waals surface area contributed by atoms with E-state index in [0.29, 0.717) is 13.2 Å². The Bertz CT molecular complexity index is 415. The van der Waals surface area contributed by atoms with E-state index in [0.717, 1.165) is 43.0 Å². The average molecular weight is 277 g/mol. The molecule has 0 saturated heterocycles. The molecule has 0 atom stereocenters. The van der Waals surface area contributed by atoms with Crippen LogP contribution in [0.25, 0.3) is 0 Å². The Balaban J connectivity index is 2.70. The van der Waals surface area contributed by atoms with Crippen LogP contribution in [0.15, 0.2) is 30.4 Å². The van der Waals surface area contributed by atoms with Gasteiger partial charge in [0.2, 0.25) is 0 Å². The second-order valence-electron chi connectivity index (χ2n) is 4.78. The summed E-state index contributed by atoms with van der Waals surface area (Å²) >= 11 is 0. The molecule has 0 radical (unpaired) electrons. The summed E-state index contributed by atoms with van der Waals surface area (Å²) < 4.78 is 11.4. The summed E-state index contributed by atoms with van der Waals surface area (Å²) in [6.07, 6.45) is 2.07.